The molecule has 1 aromatic heterocycles. The lowest BCUT2D eigenvalue weighted by Gasteiger charge is -2.34. The summed E-state index contributed by atoms with van der Waals surface area (Å²) in [6.45, 7) is 12.0. The number of para-hydroxylation sites is 1. The molecule has 2 heterocycles. The molecule has 4 N–H and O–H groups in total. The SMILES string of the molecule is C=C(CN1CCN(CCO)CC1)C(=O)Nc1ccc(OC)c(Nc2ncc(Cl)c(Nc3ccccc3P(C)(C)=O)n2)c1. The van der Waals surface area contributed by atoms with E-state index >= 15 is 0 Å². The zero-order chi connectivity index (χ0) is 30.3. The van der Waals surface area contributed by atoms with E-state index in [1.165, 1.54) is 6.20 Å². The first-order valence-electron chi connectivity index (χ1n) is 13.5. The van der Waals surface area contributed by atoms with Gasteiger partial charge in [0.1, 0.15) is 17.9 Å². The van der Waals surface area contributed by atoms with Gasteiger partial charge in [-0.25, -0.2) is 4.98 Å². The molecule has 11 nitrogen and oxygen atoms in total. The number of anilines is 5. The highest BCUT2D eigenvalue weighted by Crippen LogP contribution is 2.39. The number of methoxy groups -OCH3 is 1. The summed E-state index contributed by atoms with van der Waals surface area (Å²) in [5.74, 6) is 0.818. The monoisotopic (exact) mass is 613 g/mol. The van der Waals surface area contributed by atoms with E-state index in [2.05, 4.69) is 42.3 Å². The van der Waals surface area contributed by atoms with Gasteiger partial charge < -0.3 is 30.4 Å². The molecule has 1 saturated heterocycles. The lowest BCUT2D eigenvalue weighted by Crippen LogP contribution is -2.48. The Morgan fingerprint density at radius 3 is 2.50 bits per heavy atom. The fraction of sp³-hybridized carbons (Fsp3) is 0.345. The number of β-amino-alcohol motifs (C(OH)–C–C–N with tert-alkyl or cyclic N) is 1. The number of aromatic nitrogens is 2. The summed E-state index contributed by atoms with van der Waals surface area (Å²) in [6.07, 6.45) is 1.46. The Morgan fingerprint density at radius 2 is 1.81 bits per heavy atom. The van der Waals surface area contributed by atoms with Crippen LogP contribution in [0.4, 0.5) is 28.8 Å². The highest BCUT2D eigenvalue weighted by atomic mass is 35.5. The number of nitrogens with zero attached hydrogens (tertiary/aromatic N) is 4. The summed E-state index contributed by atoms with van der Waals surface area (Å²) < 4.78 is 18.3. The first kappa shape index (κ1) is 31.5. The predicted molar refractivity (Wildman–Crippen MR) is 170 cm³/mol. The van der Waals surface area contributed by atoms with Gasteiger partial charge in [0.15, 0.2) is 5.82 Å². The Bertz CT molecular complexity index is 1470. The summed E-state index contributed by atoms with van der Waals surface area (Å²) in [5.41, 5.74) is 2.17. The van der Waals surface area contributed by atoms with Crippen molar-refractivity contribution in [3.05, 3.63) is 65.8 Å². The maximum Gasteiger partial charge on any atom is 0.252 e. The third kappa shape index (κ3) is 8.30. The topological polar surface area (TPSA) is 132 Å². The standard InChI is InChI=1S/C29H37ClN7O4P/c1-20(19-37-13-11-36(12-14-37)15-16-38)28(39)32-21-9-10-25(41-2)24(17-21)34-29-31-18-22(30)27(35-29)33-23-7-5-6-8-26(23)42(3,4)40/h5-10,17-18,38H,1,11-16,19H2,2-4H3,(H,32,39)(H2,31,33,34,35). The average Bonchev–Trinajstić information content (AvgIpc) is 2.96. The highest BCUT2D eigenvalue weighted by molar-refractivity contribution is 7.70. The first-order chi connectivity index (χ1) is 20.1. The number of amides is 1. The van der Waals surface area contributed by atoms with Gasteiger partial charge in [-0.15, -0.1) is 0 Å². The number of halogens is 1. The summed E-state index contributed by atoms with van der Waals surface area (Å²) in [4.78, 5) is 26.1. The molecule has 0 unspecified atom stereocenters. The number of carbonyl (C=O) groups is 1. The number of hydrogen-bond donors (Lipinski definition) is 4. The molecule has 0 atom stereocenters. The second kappa shape index (κ2) is 14.1. The maximum absolute atomic E-state index is 12.9. The van der Waals surface area contributed by atoms with Crippen LogP contribution >= 0.6 is 18.7 Å². The molecule has 1 fully saturated rings. The van der Waals surface area contributed by atoms with Crippen LogP contribution in [0.5, 0.6) is 5.75 Å². The van der Waals surface area contributed by atoms with Gasteiger partial charge in [-0.3, -0.25) is 14.6 Å². The predicted octanol–water partition coefficient (Wildman–Crippen LogP) is 3.98. The van der Waals surface area contributed by atoms with Gasteiger partial charge in [-0.1, -0.05) is 30.3 Å². The molecule has 0 saturated carbocycles. The Labute approximate surface area is 251 Å². The number of benzene rings is 2. The van der Waals surface area contributed by atoms with Crippen molar-refractivity contribution in [2.45, 2.75) is 0 Å². The van der Waals surface area contributed by atoms with Crippen LogP contribution in [0.1, 0.15) is 0 Å². The molecule has 0 bridgehead atoms. The number of nitrogens with one attached hydrogen (secondary N) is 3. The Balaban J connectivity index is 1.45. The van der Waals surface area contributed by atoms with E-state index in [1.807, 2.05) is 24.3 Å². The van der Waals surface area contributed by atoms with Crippen LogP contribution in [0.3, 0.4) is 0 Å². The zero-order valence-electron chi connectivity index (χ0n) is 24.1. The van der Waals surface area contributed by atoms with E-state index in [0.717, 1.165) is 26.2 Å². The largest absolute Gasteiger partial charge is 0.495 e. The minimum absolute atomic E-state index is 0.145. The van der Waals surface area contributed by atoms with Crippen molar-refractivity contribution in [3.63, 3.8) is 0 Å². The van der Waals surface area contributed by atoms with Crippen molar-refractivity contribution >= 4 is 58.8 Å². The number of rotatable bonds is 12. The summed E-state index contributed by atoms with van der Waals surface area (Å²) in [6, 6.07) is 12.5. The second-order valence-corrected chi connectivity index (χ2v) is 13.9. The molecule has 13 heteroatoms. The van der Waals surface area contributed by atoms with Crippen LogP contribution in [-0.4, -0.2) is 97.1 Å². The van der Waals surface area contributed by atoms with Crippen LogP contribution in [-0.2, 0) is 9.36 Å². The van der Waals surface area contributed by atoms with E-state index in [9.17, 15) is 9.36 Å². The summed E-state index contributed by atoms with van der Waals surface area (Å²) >= 11 is 6.40. The van der Waals surface area contributed by atoms with Crippen LogP contribution in [0.15, 0.2) is 60.8 Å². The summed E-state index contributed by atoms with van der Waals surface area (Å²) in [7, 11) is -1.02. The van der Waals surface area contributed by atoms with Gasteiger partial charge in [0, 0.05) is 55.8 Å². The van der Waals surface area contributed by atoms with Gasteiger partial charge >= 0.3 is 0 Å². The molecule has 224 valence electrons. The number of hydrogen-bond acceptors (Lipinski definition) is 10. The molecule has 1 aliphatic rings. The highest BCUT2D eigenvalue weighted by Gasteiger charge is 2.20. The van der Waals surface area contributed by atoms with Gasteiger partial charge in [0.2, 0.25) is 5.95 Å². The van der Waals surface area contributed by atoms with E-state index in [0.29, 0.717) is 57.6 Å². The smallest absolute Gasteiger partial charge is 0.252 e. The molecule has 3 aromatic rings. The molecule has 0 spiro atoms. The molecule has 1 aliphatic heterocycles. The second-order valence-electron chi connectivity index (χ2n) is 10.3. The van der Waals surface area contributed by atoms with Crippen molar-refractivity contribution in [1.29, 1.82) is 0 Å². The van der Waals surface area contributed by atoms with Gasteiger partial charge in [0.05, 0.1) is 31.3 Å². The third-order valence-electron chi connectivity index (χ3n) is 6.80. The Kier molecular flexibility index (Phi) is 10.6. The van der Waals surface area contributed by atoms with Crippen molar-refractivity contribution in [1.82, 2.24) is 19.8 Å². The third-order valence-corrected chi connectivity index (χ3v) is 8.63. The van der Waals surface area contributed by atoms with Crippen LogP contribution in [0, 0.1) is 0 Å². The number of piperazine rings is 1. The van der Waals surface area contributed by atoms with Gasteiger partial charge in [-0.2, -0.15) is 4.98 Å². The fourth-order valence-electron chi connectivity index (χ4n) is 4.57. The average molecular weight is 614 g/mol. The fourth-order valence-corrected chi connectivity index (χ4v) is 5.86. The normalized spacial score (nSPS) is 14.3. The Hall–Kier alpha value is -3.47. The molecule has 2 aromatic carbocycles. The molecule has 1 amide bonds. The van der Waals surface area contributed by atoms with Crippen molar-refractivity contribution in [3.8, 4) is 5.75 Å². The Morgan fingerprint density at radius 1 is 1.10 bits per heavy atom. The first-order valence-corrected chi connectivity index (χ1v) is 16.5. The minimum atomic E-state index is -2.56. The molecule has 0 aliphatic carbocycles. The molecule has 4 rings (SSSR count). The minimum Gasteiger partial charge on any atom is -0.495 e. The van der Waals surface area contributed by atoms with Crippen molar-refractivity contribution < 1.29 is 19.2 Å². The van der Waals surface area contributed by atoms with Gasteiger partial charge in [0.25, 0.3) is 5.91 Å². The number of carbonyl (C=O) groups excluding carboxylic acids is 1. The number of aliphatic hydroxyl groups excluding tert-OH is 1. The molecule has 42 heavy (non-hydrogen) atoms. The van der Waals surface area contributed by atoms with Crippen molar-refractivity contribution in [2.75, 3.05) is 82.3 Å². The quantitative estimate of drug-likeness (QED) is 0.176. The summed E-state index contributed by atoms with van der Waals surface area (Å²) in [5, 5.41) is 19.3. The molecular formula is C29H37ClN7O4P. The maximum atomic E-state index is 12.9. The zero-order valence-corrected chi connectivity index (χ0v) is 25.7. The number of ether oxygens (including phenoxy) is 1. The van der Waals surface area contributed by atoms with E-state index < -0.39 is 7.14 Å². The molecular weight excluding hydrogens is 577 g/mol. The van der Waals surface area contributed by atoms with E-state index in [1.54, 1.807) is 38.6 Å². The van der Waals surface area contributed by atoms with Crippen LogP contribution < -0.4 is 26.0 Å². The van der Waals surface area contributed by atoms with Gasteiger partial charge in [-0.05, 0) is 43.7 Å². The lowest BCUT2D eigenvalue weighted by atomic mass is 10.2. The van der Waals surface area contributed by atoms with E-state index in [4.69, 9.17) is 21.4 Å². The lowest BCUT2D eigenvalue weighted by molar-refractivity contribution is -0.113. The van der Waals surface area contributed by atoms with Crippen LogP contribution in [0.25, 0.3) is 0 Å². The van der Waals surface area contributed by atoms with E-state index in [-0.39, 0.29) is 18.5 Å². The molecule has 0 radical (unpaired) electrons. The number of aliphatic hydroxyl groups is 1. The van der Waals surface area contributed by atoms with Crippen LogP contribution in [0.2, 0.25) is 5.02 Å². The van der Waals surface area contributed by atoms with Crippen molar-refractivity contribution in [2.24, 2.45) is 0 Å².